The van der Waals surface area contributed by atoms with Crippen molar-refractivity contribution in [1.29, 1.82) is 0 Å². The maximum atomic E-state index is 6.09. The first kappa shape index (κ1) is 14.1. The average molecular weight is 342 g/mol. The van der Waals surface area contributed by atoms with E-state index in [1.165, 1.54) is 0 Å². The monoisotopic (exact) mass is 340 g/mol. The molecule has 1 aromatic heterocycles. The zero-order valence-corrected chi connectivity index (χ0v) is 12.8. The molecule has 0 saturated heterocycles. The van der Waals surface area contributed by atoms with Crippen molar-refractivity contribution in [3.8, 4) is 0 Å². The van der Waals surface area contributed by atoms with Crippen molar-refractivity contribution in [2.75, 3.05) is 17.2 Å². The maximum absolute atomic E-state index is 6.09. The third kappa shape index (κ3) is 4.08. The molecule has 0 fully saturated rings. The molecule has 1 heterocycles. The molecule has 100 valence electrons. The van der Waals surface area contributed by atoms with Gasteiger partial charge in [-0.2, -0.15) is 4.98 Å². The van der Waals surface area contributed by atoms with E-state index in [9.17, 15) is 0 Å². The molecular weight excluding hydrogens is 328 g/mol. The Morgan fingerprint density at radius 3 is 2.95 bits per heavy atom. The highest BCUT2D eigenvalue weighted by Gasteiger charge is 2.05. The first-order valence-electron chi connectivity index (χ1n) is 5.98. The minimum absolute atomic E-state index is 0.488. The molecule has 2 rings (SSSR count). The normalized spacial score (nSPS) is 10.3. The molecule has 0 saturated carbocycles. The molecule has 2 N–H and O–H groups in total. The molecule has 0 unspecified atom stereocenters. The number of nitrogens with zero attached hydrogens (tertiary/aromatic N) is 2. The summed E-state index contributed by atoms with van der Waals surface area (Å²) in [7, 11) is 0. The summed E-state index contributed by atoms with van der Waals surface area (Å²) in [6.45, 7) is 2.92. The molecule has 19 heavy (non-hydrogen) atoms. The van der Waals surface area contributed by atoms with Crippen LogP contribution in [0.4, 0.5) is 17.5 Å². The van der Waals surface area contributed by atoms with E-state index in [0.717, 1.165) is 23.1 Å². The van der Waals surface area contributed by atoms with Crippen LogP contribution in [0.3, 0.4) is 0 Å². The molecule has 0 aliphatic rings. The second-order valence-corrected chi connectivity index (χ2v) is 5.28. The third-order valence-electron chi connectivity index (χ3n) is 2.36. The van der Waals surface area contributed by atoms with Crippen LogP contribution >= 0.6 is 27.5 Å². The zero-order chi connectivity index (χ0) is 13.7. The zero-order valence-electron chi connectivity index (χ0n) is 10.5. The summed E-state index contributed by atoms with van der Waals surface area (Å²) in [5.41, 5.74) is 0.913. The van der Waals surface area contributed by atoms with E-state index in [0.29, 0.717) is 16.8 Å². The summed E-state index contributed by atoms with van der Waals surface area (Å²) in [6.07, 6.45) is 2.60. The van der Waals surface area contributed by atoms with Crippen LogP contribution in [0.5, 0.6) is 0 Å². The number of nitrogens with one attached hydrogen (secondary N) is 2. The van der Waals surface area contributed by atoms with E-state index in [4.69, 9.17) is 11.6 Å². The van der Waals surface area contributed by atoms with E-state index in [1.807, 2.05) is 24.3 Å². The Kier molecular flexibility index (Phi) is 4.99. The molecule has 0 spiro atoms. The van der Waals surface area contributed by atoms with Gasteiger partial charge in [0.1, 0.15) is 5.02 Å². The lowest BCUT2D eigenvalue weighted by molar-refractivity contribution is 0.953. The number of aromatic nitrogens is 2. The Hall–Kier alpha value is -1.33. The topological polar surface area (TPSA) is 49.8 Å². The summed E-state index contributed by atoms with van der Waals surface area (Å²) in [5, 5.41) is 6.79. The Bertz CT molecular complexity index is 562. The lowest BCUT2D eigenvalue weighted by atomic mass is 10.3. The van der Waals surface area contributed by atoms with Gasteiger partial charge in [-0.3, -0.25) is 0 Å². The van der Waals surface area contributed by atoms with Crippen molar-refractivity contribution in [1.82, 2.24) is 9.97 Å². The fourth-order valence-corrected chi connectivity index (χ4v) is 2.02. The van der Waals surface area contributed by atoms with E-state index < -0.39 is 0 Å². The minimum Gasteiger partial charge on any atom is -0.354 e. The van der Waals surface area contributed by atoms with Gasteiger partial charge in [0.15, 0.2) is 5.82 Å². The number of rotatable bonds is 5. The molecule has 6 heteroatoms. The first-order valence-corrected chi connectivity index (χ1v) is 7.15. The molecule has 2 aromatic rings. The fraction of sp³-hybridized carbons (Fsp3) is 0.231. The van der Waals surface area contributed by atoms with Crippen molar-refractivity contribution >= 4 is 45.0 Å². The quantitative estimate of drug-likeness (QED) is 0.843. The molecule has 4 nitrogen and oxygen atoms in total. The van der Waals surface area contributed by atoms with Crippen LogP contribution < -0.4 is 10.6 Å². The lowest BCUT2D eigenvalue weighted by Gasteiger charge is -2.09. The lowest BCUT2D eigenvalue weighted by Crippen LogP contribution is -2.06. The number of hydrogen-bond donors (Lipinski definition) is 2. The van der Waals surface area contributed by atoms with Crippen molar-refractivity contribution < 1.29 is 0 Å². The average Bonchev–Trinajstić information content (AvgIpc) is 2.40. The molecule has 1 aromatic carbocycles. The van der Waals surface area contributed by atoms with E-state index in [-0.39, 0.29) is 0 Å². The summed E-state index contributed by atoms with van der Waals surface area (Å²) in [6, 6.07) is 7.80. The van der Waals surface area contributed by atoms with Gasteiger partial charge in [0.2, 0.25) is 5.95 Å². The van der Waals surface area contributed by atoms with Crippen molar-refractivity contribution in [2.45, 2.75) is 13.3 Å². The molecule has 0 amide bonds. The molecule has 0 atom stereocenters. The molecule has 0 aliphatic carbocycles. The highest BCUT2D eigenvalue weighted by Crippen LogP contribution is 2.25. The van der Waals surface area contributed by atoms with Gasteiger partial charge in [0, 0.05) is 16.7 Å². The van der Waals surface area contributed by atoms with Crippen LogP contribution in [0.2, 0.25) is 5.02 Å². The summed E-state index contributed by atoms with van der Waals surface area (Å²) in [4.78, 5) is 8.49. The Balaban J connectivity index is 2.19. The summed E-state index contributed by atoms with van der Waals surface area (Å²) in [5.74, 6) is 1.16. The van der Waals surface area contributed by atoms with E-state index >= 15 is 0 Å². The van der Waals surface area contributed by atoms with Crippen molar-refractivity contribution in [2.24, 2.45) is 0 Å². The number of benzene rings is 1. The van der Waals surface area contributed by atoms with Gasteiger partial charge >= 0.3 is 0 Å². The van der Waals surface area contributed by atoms with Gasteiger partial charge in [0.25, 0.3) is 0 Å². The Labute approximate surface area is 125 Å². The second kappa shape index (κ2) is 6.73. The first-order chi connectivity index (χ1) is 9.19. The Morgan fingerprint density at radius 2 is 2.21 bits per heavy atom. The largest absolute Gasteiger partial charge is 0.354 e. The third-order valence-corrected chi connectivity index (χ3v) is 3.13. The van der Waals surface area contributed by atoms with Crippen molar-refractivity contribution in [3.05, 3.63) is 40.0 Å². The molecule has 0 bridgehead atoms. The van der Waals surface area contributed by atoms with Crippen LogP contribution in [-0.2, 0) is 0 Å². The standard InChI is InChI=1S/C13H14BrClN4/c1-2-6-16-13-17-8-11(15)12(19-13)18-10-5-3-4-9(14)7-10/h3-5,7-8H,2,6H2,1H3,(H2,16,17,18,19). The van der Waals surface area contributed by atoms with Crippen LogP contribution in [0.1, 0.15) is 13.3 Å². The highest BCUT2D eigenvalue weighted by atomic mass is 79.9. The van der Waals surface area contributed by atoms with Gasteiger partial charge in [-0.05, 0) is 24.6 Å². The maximum Gasteiger partial charge on any atom is 0.224 e. The van der Waals surface area contributed by atoms with Gasteiger partial charge in [-0.15, -0.1) is 0 Å². The van der Waals surface area contributed by atoms with Crippen molar-refractivity contribution in [3.63, 3.8) is 0 Å². The Morgan fingerprint density at radius 1 is 1.37 bits per heavy atom. The molecule has 0 radical (unpaired) electrons. The van der Waals surface area contributed by atoms with Crippen LogP contribution in [-0.4, -0.2) is 16.5 Å². The van der Waals surface area contributed by atoms with E-state index in [2.05, 4.69) is 43.5 Å². The van der Waals surface area contributed by atoms with E-state index in [1.54, 1.807) is 6.20 Å². The molecular formula is C13H14BrClN4. The van der Waals surface area contributed by atoms with Crippen LogP contribution in [0, 0.1) is 0 Å². The van der Waals surface area contributed by atoms with Gasteiger partial charge < -0.3 is 10.6 Å². The van der Waals surface area contributed by atoms with Crippen LogP contribution in [0.15, 0.2) is 34.9 Å². The number of halogens is 2. The number of anilines is 3. The highest BCUT2D eigenvalue weighted by molar-refractivity contribution is 9.10. The SMILES string of the molecule is CCCNc1ncc(Cl)c(Nc2cccc(Br)c2)n1. The molecule has 0 aliphatic heterocycles. The van der Waals surface area contributed by atoms with Gasteiger partial charge in [-0.25, -0.2) is 4.98 Å². The van der Waals surface area contributed by atoms with Crippen LogP contribution in [0.25, 0.3) is 0 Å². The minimum atomic E-state index is 0.488. The predicted octanol–water partition coefficient (Wildman–Crippen LogP) is 4.46. The van der Waals surface area contributed by atoms with Gasteiger partial charge in [0.05, 0.1) is 6.20 Å². The summed E-state index contributed by atoms with van der Waals surface area (Å²) >= 11 is 9.52. The van der Waals surface area contributed by atoms with Gasteiger partial charge in [-0.1, -0.05) is 40.5 Å². The fourth-order valence-electron chi connectivity index (χ4n) is 1.48. The second-order valence-electron chi connectivity index (χ2n) is 3.95. The predicted molar refractivity (Wildman–Crippen MR) is 83.2 cm³/mol. The smallest absolute Gasteiger partial charge is 0.224 e. The number of hydrogen-bond acceptors (Lipinski definition) is 4. The summed E-state index contributed by atoms with van der Waals surface area (Å²) < 4.78 is 0.993.